The van der Waals surface area contributed by atoms with E-state index in [1.807, 2.05) is 6.07 Å². The summed E-state index contributed by atoms with van der Waals surface area (Å²) in [4.78, 5) is 23.3. The molecular weight excluding hydrogens is 433 g/mol. The highest BCUT2D eigenvalue weighted by molar-refractivity contribution is 14.1. The van der Waals surface area contributed by atoms with Gasteiger partial charge in [0.05, 0.1) is 17.8 Å². The van der Waals surface area contributed by atoms with E-state index in [0.29, 0.717) is 22.0 Å². The number of halogens is 2. The molecule has 2 aromatic carbocycles. The molecule has 0 atom stereocenters. The number of ether oxygens (including phenoxy) is 2. The van der Waals surface area contributed by atoms with Gasteiger partial charge in [-0.15, -0.1) is 0 Å². The summed E-state index contributed by atoms with van der Waals surface area (Å²) < 4.78 is 10.7. The highest BCUT2D eigenvalue weighted by Crippen LogP contribution is 2.24. The summed E-state index contributed by atoms with van der Waals surface area (Å²) in [7, 11) is 1.28. The number of benzene rings is 2. The molecule has 120 valence electrons. The van der Waals surface area contributed by atoms with Gasteiger partial charge in [0.2, 0.25) is 0 Å². The summed E-state index contributed by atoms with van der Waals surface area (Å²) in [5.41, 5.74) is 0.917. The normalized spacial score (nSPS) is 10.0. The van der Waals surface area contributed by atoms with Crippen LogP contribution >= 0.6 is 34.2 Å². The number of nitrogens with one attached hydrogen (secondary N) is 1. The number of hydrogen-bond donors (Lipinski definition) is 1. The van der Waals surface area contributed by atoms with Gasteiger partial charge in [0.15, 0.2) is 6.61 Å². The fourth-order valence-electron chi connectivity index (χ4n) is 1.71. The first-order valence-corrected chi connectivity index (χ1v) is 8.01. The Labute approximate surface area is 152 Å². The minimum atomic E-state index is -0.495. The number of hydrogen-bond acceptors (Lipinski definition) is 4. The van der Waals surface area contributed by atoms with Crippen molar-refractivity contribution in [1.82, 2.24) is 0 Å². The summed E-state index contributed by atoms with van der Waals surface area (Å²) >= 11 is 8.23. The van der Waals surface area contributed by atoms with E-state index in [2.05, 4.69) is 32.6 Å². The van der Waals surface area contributed by atoms with Crippen molar-refractivity contribution in [2.45, 2.75) is 0 Å². The monoisotopic (exact) mass is 445 g/mol. The molecule has 5 nitrogen and oxygen atoms in total. The smallest absolute Gasteiger partial charge is 0.343 e. The Morgan fingerprint density at radius 2 is 2.00 bits per heavy atom. The van der Waals surface area contributed by atoms with Crippen molar-refractivity contribution in [2.75, 3.05) is 19.0 Å². The Bertz CT molecular complexity index is 736. The zero-order valence-electron chi connectivity index (χ0n) is 12.1. The van der Waals surface area contributed by atoms with Gasteiger partial charge in [0.25, 0.3) is 5.91 Å². The minimum absolute atomic E-state index is 0.218. The highest BCUT2D eigenvalue weighted by atomic mass is 127. The predicted molar refractivity (Wildman–Crippen MR) is 96.1 cm³/mol. The lowest BCUT2D eigenvalue weighted by atomic mass is 10.2. The van der Waals surface area contributed by atoms with Crippen LogP contribution in [0.5, 0.6) is 5.75 Å². The summed E-state index contributed by atoms with van der Waals surface area (Å²) in [5, 5.41) is 3.20. The van der Waals surface area contributed by atoms with Gasteiger partial charge in [0.1, 0.15) is 5.75 Å². The number of carbonyl (C=O) groups is 2. The van der Waals surface area contributed by atoms with Crippen LogP contribution in [0.1, 0.15) is 10.4 Å². The molecule has 0 fully saturated rings. The summed E-state index contributed by atoms with van der Waals surface area (Å²) in [6.07, 6.45) is 0. The van der Waals surface area contributed by atoms with Gasteiger partial charge in [-0.05, 0) is 59.0 Å². The average molecular weight is 446 g/mol. The first-order valence-electron chi connectivity index (χ1n) is 6.55. The number of methoxy groups -OCH3 is 1. The van der Waals surface area contributed by atoms with Crippen molar-refractivity contribution >= 4 is 51.8 Å². The Hall–Kier alpha value is -1.80. The Morgan fingerprint density at radius 1 is 1.22 bits per heavy atom. The fraction of sp³-hybridized carbons (Fsp3) is 0.125. The van der Waals surface area contributed by atoms with Crippen LogP contribution in [0, 0.1) is 3.57 Å². The van der Waals surface area contributed by atoms with E-state index in [1.165, 1.54) is 7.11 Å². The maximum atomic E-state index is 12.3. The largest absolute Gasteiger partial charge is 0.482 e. The molecule has 23 heavy (non-hydrogen) atoms. The lowest BCUT2D eigenvalue weighted by Gasteiger charge is -2.09. The number of carbonyl (C=O) groups excluding carboxylic acids is 2. The van der Waals surface area contributed by atoms with Crippen molar-refractivity contribution in [3.63, 3.8) is 0 Å². The maximum Gasteiger partial charge on any atom is 0.343 e. The van der Waals surface area contributed by atoms with E-state index < -0.39 is 5.97 Å². The molecular formula is C16H13ClINO4. The highest BCUT2D eigenvalue weighted by Gasteiger charge is 2.10. The second kappa shape index (κ2) is 8.16. The molecule has 0 aliphatic heterocycles. The van der Waals surface area contributed by atoms with Crippen molar-refractivity contribution in [3.05, 3.63) is 56.6 Å². The lowest BCUT2D eigenvalue weighted by Crippen LogP contribution is -2.14. The molecule has 2 aromatic rings. The molecule has 0 spiro atoms. The SMILES string of the molecule is COC(=O)COc1cccc(C(=O)Nc2ccc(I)cc2Cl)c1. The number of esters is 1. The molecule has 0 aromatic heterocycles. The summed E-state index contributed by atoms with van der Waals surface area (Å²) in [5.74, 6) is -0.418. The van der Waals surface area contributed by atoms with Crippen molar-refractivity contribution in [2.24, 2.45) is 0 Å². The van der Waals surface area contributed by atoms with Crippen LogP contribution in [0.25, 0.3) is 0 Å². The van der Waals surface area contributed by atoms with Crippen LogP contribution in [0.2, 0.25) is 5.02 Å². The molecule has 2 rings (SSSR count). The van der Waals surface area contributed by atoms with Crippen molar-refractivity contribution in [1.29, 1.82) is 0 Å². The fourth-order valence-corrected chi connectivity index (χ4v) is 2.62. The first kappa shape index (κ1) is 17.6. The third-order valence-corrected chi connectivity index (χ3v) is 3.84. The van der Waals surface area contributed by atoms with Crippen LogP contribution in [0.15, 0.2) is 42.5 Å². The zero-order valence-corrected chi connectivity index (χ0v) is 15.1. The van der Waals surface area contributed by atoms with E-state index >= 15 is 0 Å². The molecule has 0 radical (unpaired) electrons. The van der Waals surface area contributed by atoms with Crippen molar-refractivity contribution in [3.8, 4) is 5.75 Å². The number of amides is 1. The van der Waals surface area contributed by atoms with Gasteiger partial charge < -0.3 is 14.8 Å². The Balaban J connectivity index is 2.08. The third kappa shape index (κ3) is 5.11. The van der Waals surface area contributed by atoms with Gasteiger partial charge in [-0.3, -0.25) is 4.79 Å². The second-order valence-corrected chi connectivity index (χ2v) is 6.12. The van der Waals surface area contributed by atoms with Crippen LogP contribution in [-0.4, -0.2) is 25.6 Å². The summed E-state index contributed by atoms with van der Waals surface area (Å²) in [6.45, 7) is -0.218. The van der Waals surface area contributed by atoms with Crippen LogP contribution in [0.3, 0.4) is 0 Å². The molecule has 1 N–H and O–H groups in total. The van der Waals surface area contributed by atoms with Gasteiger partial charge >= 0.3 is 5.97 Å². The number of rotatable bonds is 5. The first-order chi connectivity index (χ1) is 11.0. The van der Waals surface area contributed by atoms with Gasteiger partial charge in [-0.1, -0.05) is 17.7 Å². The molecule has 0 aliphatic rings. The van der Waals surface area contributed by atoms with E-state index in [9.17, 15) is 9.59 Å². The molecule has 0 bridgehead atoms. The Kier molecular flexibility index (Phi) is 6.23. The van der Waals surface area contributed by atoms with Crippen LogP contribution in [0.4, 0.5) is 5.69 Å². The van der Waals surface area contributed by atoms with Gasteiger partial charge in [-0.25, -0.2) is 4.79 Å². The van der Waals surface area contributed by atoms with Crippen LogP contribution < -0.4 is 10.1 Å². The van der Waals surface area contributed by atoms with Crippen molar-refractivity contribution < 1.29 is 19.1 Å². The topological polar surface area (TPSA) is 64.6 Å². The molecule has 7 heteroatoms. The minimum Gasteiger partial charge on any atom is -0.482 e. The zero-order chi connectivity index (χ0) is 16.8. The molecule has 1 amide bonds. The van der Waals surface area contributed by atoms with E-state index in [0.717, 1.165) is 3.57 Å². The average Bonchev–Trinajstić information content (AvgIpc) is 2.55. The third-order valence-electron chi connectivity index (χ3n) is 2.86. The van der Waals surface area contributed by atoms with E-state index in [4.69, 9.17) is 16.3 Å². The number of anilines is 1. The maximum absolute atomic E-state index is 12.3. The summed E-state index contributed by atoms with van der Waals surface area (Å²) in [6, 6.07) is 11.8. The molecule has 0 saturated carbocycles. The molecule has 0 unspecified atom stereocenters. The van der Waals surface area contributed by atoms with Gasteiger partial charge in [0, 0.05) is 9.13 Å². The molecule has 0 saturated heterocycles. The predicted octanol–water partition coefficient (Wildman–Crippen LogP) is 3.75. The molecule has 0 aliphatic carbocycles. The second-order valence-electron chi connectivity index (χ2n) is 4.47. The lowest BCUT2D eigenvalue weighted by molar-refractivity contribution is -0.142. The van der Waals surface area contributed by atoms with Crippen LogP contribution in [-0.2, 0) is 9.53 Å². The van der Waals surface area contributed by atoms with E-state index in [1.54, 1.807) is 36.4 Å². The Morgan fingerprint density at radius 3 is 2.70 bits per heavy atom. The van der Waals surface area contributed by atoms with Gasteiger partial charge in [-0.2, -0.15) is 0 Å². The molecule has 0 heterocycles. The van der Waals surface area contributed by atoms with E-state index in [-0.39, 0.29) is 12.5 Å². The standard InChI is InChI=1S/C16H13ClINO4/c1-22-15(20)9-23-12-4-2-3-10(7-12)16(21)19-14-6-5-11(18)8-13(14)17/h2-8H,9H2,1H3,(H,19,21). The quantitative estimate of drug-likeness (QED) is 0.562.